The molecule has 0 bridgehead atoms. The van der Waals surface area contributed by atoms with E-state index in [1.54, 1.807) is 17.0 Å². The standard InChI is InChI=1S/C18H19NO4S/c1-23-13-6-7-14(15(20)10-13)18(22)19-8-2-4-12(11-19)17(21)16-5-3-9-24-16/h3,5-7,9-10,12,20H,2,4,8,11H2,1H3/t12-/m1/s1. The van der Waals surface area contributed by atoms with Crippen molar-refractivity contribution in [2.45, 2.75) is 12.8 Å². The number of aromatic hydroxyl groups is 1. The van der Waals surface area contributed by atoms with Crippen molar-refractivity contribution in [1.29, 1.82) is 0 Å². The third kappa shape index (κ3) is 3.28. The first-order valence-corrected chi connectivity index (χ1v) is 8.72. The molecule has 1 aromatic heterocycles. The maximum atomic E-state index is 12.7. The zero-order valence-electron chi connectivity index (χ0n) is 13.4. The van der Waals surface area contributed by atoms with Crippen LogP contribution in [0.2, 0.25) is 0 Å². The summed E-state index contributed by atoms with van der Waals surface area (Å²) in [6, 6.07) is 8.31. The Bertz CT molecular complexity index is 741. The summed E-state index contributed by atoms with van der Waals surface area (Å²) in [5.41, 5.74) is 0.236. The van der Waals surface area contributed by atoms with Crippen LogP contribution >= 0.6 is 11.3 Å². The third-order valence-corrected chi connectivity index (χ3v) is 5.16. The zero-order chi connectivity index (χ0) is 17.1. The molecule has 2 aromatic rings. The number of Topliss-reactive ketones (excluding diaryl/α,β-unsaturated/α-hetero) is 1. The number of benzene rings is 1. The van der Waals surface area contributed by atoms with Gasteiger partial charge in [-0.3, -0.25) is 9.59 Å². The van der Waals surface area contributed by atoms with E-state index < -0.39 is 0 Å². The van der Waals surface area contributed by atoms with Crippen LogP contribution in [-0.4, -0.2) is 41.9 Å². The van der Waals surface area contributed by atoms with Crippen LogP contribution in [0.5, 0.6) is 11.5 Å². The lowest BCUT2D eigenvalue weighted by atomic mass is 9.92. The Morgan fingerprint density at radius 1 is 1.33 bits per heavy atom. The molecule has 1 fully saturated rings. The van der Waals surface area contributed by atoms with Gasteiger partial charge in [0.25, 0.3) is 5.91 Å². The Labute approximate surface area is 144 Å². The summed E-state index contributed by atoms with van der Waals surface area (Å²) in [6.07, 6.45) is 1.57. The van der Waals surface area contributed by atoms with Gasteiger partial charge in [0.2, 0.25) is 0 Å². The second-order valence-electron chi connectivity index (χ2n) is 5.81. The van der Waals surface area contributed by atoms with E-state index in [1.165, 1.54) is 24.5 Å². The molecule has 1 saturated heterocycles. The van der Waals surface area contributed by atoms with Crippen molar-refractivity contribution in [3.05, 3.63) is 46.2 Å². The molecule has 1 N–H and O–H groups in total. The molecular formula is C18H19NO4S. The van der Waals surface area contributed by atoms with E-state index in [2.05, 4.69) is 0 Å². The van der Waals surface area contributed by atoms with Gasteiger partial charge in [-0.1, -0.05) is 6.07 Å². The van der Waals surface area contributed by atoms with Crippen molar-refractivity contribution in [3.8, 4) is 11.5 Å². The molecule has 1 amide bonds. The van der Waals surface area contributed by atoms with Gasteiger partial charge in [-0.15, -0.1) is 11.3 Å². The molecule has 2 heterocycles. The van der Waals surface area contributed by atoms with Crippen LogP contribution in [0, 0.1) is 5.92 Å². The molecule has 6 heteroatoms. The maximum absolute atomic E-state index is 12.7. The van der Waals surface area contributed by atoms with Gasteiger partial charge in [-0.2, -0.15) is 0 Å². The summed E-state index contributed by atoms with van der Waals surface area (Å²) in [5.74, 6) is 0.0570. The van der Waals surface area contributed by atoms with E-state index in [0.717, 1.165) is 17.7 Å². The molecule has 0 aliphatic carbocycles. The molecule has 1 atom stereocenters. The van der Waals surface area contributed by atoms with Gasteiger partial charge in [0.05, 0.1) is 17.6 Å². The fourth-order valence-electron chi connectivity index (χ4n) is 2.99. The molecule has 126 valence electrons. The lowest BCUT2D eigenvalue weighted by Gasteiger charge is -2.32. The number of thiophene rings is 1. The Morgan fingerprint density at radius 3 is 2.83 bits per heavy atom. The predicted molar refractivity (Wildman–Crippen MR) is 91.9 cm³/mol. The average Bonchev–Trinajstić information content (AvgIpc) is 3.15. The number of nitrogens with zero attached hydrogens (tertiary/aromatic N) is 1. The highest BCUT2D eigenvalue weighted by atomic mass is 32.1. The lowest BCUT2D eigenvalue weighted by Crippen LogP contribution is -2.42. The Balaban J connectivity index is 1.74. The molecule has 0 radical (unpaired) electrons. The van der Waals surface area contributed by atoms with E-state index >= 15 is 0 Å². The van der Waals surface area contributed by atoms with Crippen LogP contribution < -0.4 is 4.74 Å². The first-order valence-electron chi connectivity index (χ1n) is 7.84. The molecule has 24 heavy (non-hydrogen) atoms. The number of hydrogen-bond acceptors (Lipinski definition) is 5. The number of amides is 1. The van der Waals surface area contributed by atoms with Crippen LogP contribution in [-0.2, 0) is 0 Å². The smallest absolute Gasteiger partial charge is 0.257 e. The van der Waals surface area contributed by atoms with Crippen molar-refractivity contribution in [3.63, 3.8) is 0 Å². The number of methoxy groups -OCH3 is 1. The first-order chi connectivity index (χ1) is 11.6. The van der Waals surface area contributed by atoms with E-state index in [9.17, 15) is 14.7 Å². The molecular weight excluding hydrogens is 326 g/mol. The highest BCUT2D eigenvalue weighted by Crippen LogP contribution is 2.28. The quantitative estimate of drug-likeness (QED) is 0.864. The van der Waals surface area contributed by atoms with Gasteiger partial charge < -0.3 is 14.7 Å². The number of phenolic OH excluding ortho intramolecular Hbond substituents is 1. The number of likely N-dealkylation sites (tertiary alicyclic amines) is 1. The van der Waals surface area contributed by atoms with Gasteiger partial charge in [-0.05, 0) is 36.4 Å². The number of carbonyl (C=O) groups excluding carboxylic acids is 2. The average molecular weight is 345 g/mol. The van der Waals surface area contributed by atoms with Gasteiger partial charge >= 0.3 is 0 Å². The minimum absolute atomic E-state index is 0.0986. The summed E-state index contributed by atoms with van der Waals surface area (Å²) in [5, 5.41) is 11.9. The maximum Gasteiger partial charge on any atom is 0.257 e. The molecule has 1 aliphatic rings. The normalized spacial score (nSPS) is 17.5. The number of phenols is 1. The van der Waals surface area contributed by atoms with E-state index in [4.69, 9.17) is 4.74 Å². The second-order valence-corrected chi connectivity index (χ2v) is 6.76. The number of hydrogen-bond donors (Lipinski definition) is 1. The first kappa shape index (κ1) is 16.5. The van der Waals surface area contributed by atoms with Gasteiger partial charge in [0, 0.05) is 25.1 Å². The minimum atomic E-state index is -0.251. The summed E-state index contributed by atoms with van der Waals surface area (Å²) < 4.78 is 5.04. The second kappa shape index (κ2) is 7.05. The predicted octanol–water partition coefficient (Wildman–Crippen LogP) is 3.20. The van der Waals surface area contributed by atoms with Crippen LogP contribution in [0.3, 0.4) is 0 Å². The van der Waals surface area contributed by atoms with Crippen LogP contribution in [0.25, 0.3) is 0 Å². The highest BCUT2D eigenvalue weighted by molar-refractivity contribution is 7.12. The molecule has 0 unspecified atom stereocenters. The molecule has 0 saturated carbocycles. The van der Waals surface area contributed by atoms with Crippen molar-refractivity contribution in [1.82, 2.24) is 4.90 Å². The fourth-order valence-corrected chi connectivity index (χ4v) is 3.73. The Kier molecular flexibility index (Phi) is 4.85. The summed E-state index contributed by atoms with van der Waals surface area (Å²) in [7, 11) is 1.50. The monoisotopic (exact) mass is 345 g/mol. The molecule has 5 nitrogen and oxygen atoms in total. The fraction of sp³-hybridized carbons (Fsp3) is 0.333. The zero-order valence-corrected chi connectivity index (χ0v) is 14.2. The topological polar surface area (TPSA) is 66.8 Å². The number of ether oxygens (including phenoxy) is 1. The van der Waals surface area contributed by atoms with Crippen LogP contribution in [0.15, 0.2) is 35.7 Å². The van der Waals surface area contributed by atoms with Crippen molar-refractivity contribution >= 4 is 23.0 Å². The van der Waals surface area contributed by atoms with E-state index in [1.807, 2.05) is 17.5 Å². The molecule has 1 aromatic carbocycles. The Morgan fingerprint density at radius 2 is 2.17 bits per heavy atom. The van der Waals surface area contributed by atoms with Gasteiger partial charge in [0.1, 0.15) is 11.5 Å². The molecule has 0 spiro atoms. The number of piperidine rings is 1. The van der Waals surface area contributed by atoms with Gasteiger partial charge in [-0.25, -0.2) is 0 Å². The molecule has 3 rings (SSSR count). The van der Waals surface area contributed by atoms with E-state index in [-0.39, 0.29) is 28.9 Å². The third-order valence-electron chi connectivity index (χ3n) is 4.28. The highest BCUT2D eigenvalue weighted by Gasteiger charge is 2.30. The summed E-state index contributed by atoms with van der Waals surface area (Å²) in [6.45, 7) is 0.986. The number of ketones is 1. The van der Waals surface area contributed by atoms with Crippen LogP contribution in [0.4, 0.5) is 0 Å². The van der Waals surface area contributed by atoms with E-state index in [0.29, 0.717) is 18.8 Å². The number of carbonyl (C=O) groups is 2. The van der Waals surface area contributed by atoms with Crippen molar-refractivity contribution in [2.75, 3.05) is 20.2 Å². The minimum Gasteiger partial charge on any atom is -0.507 e. The van der Waals surface area contributed by atoms with Crippen molar-refractivity contribution < 1.29 is 19.4 Å². The largest absolute Gasteiger partial charge is 0.507 e. The van der Waals surface area contributed by atoms with Crippen LogP contribution in [0.1, 0.15) is 32.9 Å². The number of rotatable bonds is 4. The SMILES string of the molecule is COc1ccc(C(=O)N2CCC[C@@H](C(=O)c3cccs3)C2)c(O)c1. The Hall–Kier alpha value is -2.34. The van der Waals surface area contributed by atoms with Gasteiger partial charge in [0.15, 0.2) is 5.78 Å². The van der Waals surface area contributed by atoms with Crippen molar-refractivity contribution in [2.24, 2.45) is 5.92 Å². The summed E-state index contributed by atoms with van der Waals surface area (Å²) in [4.78, 5) is 27.6. The lowest BCUT2D eigenvalue weighted by molar-refractivity contribution is 0.0636. The summed E-state index contributed by atoms with van der Waals surface area (Å²) >= 11 is 1.43. The molecule has 1 aliphatic heterocycles.